The summed E-state index contributed by atoms with van der Waals surface area (Å²) < 4.78 is 35.4. The topological polar surface area (TPSA) is 110 Å². The molecule has 1 aromatic carbocycles. The lowest BCUT2D eigenvalue weighted by Crippen LogP contribution is -2.31. The van der Waals surface area contributed by atoms with Gasteiger partial charge in [-0.2, -0.15) is 0 Å². The standard InChI is InChI=1S/C17H22N2O7S/c1-18(2)27(23,24)14-5-3-13(4-6-14)25-11-12-26-17(22)9-10-19-15(20)7-8-16(19)21/h3-6H,7-12H2,1-2H3. The lowest BCUT2D eigenvalue weighted by molar-refractivity contribution is -0.146. The number of ether oxygens (including phenoxy) is 2. The van der Waals surface area contributed by atoms with E-state index in [2.05, 4.69) is 0 Å². The quantitative estimate of drug-likeness (QED) is 0.336. The number of sulfonamides is 1. The molecule has 0 saturated carbocycles. The van der Waals surface area contributed by atoms with Gasteiger partial charge in [0.05, 0.1) is 11.3 Å². The smallest absolute Gasteiger partial charge is 0.307 e. The Labute approximate surface area is 157 Å². The van der Waals surface area contributed by atoms with E-state index in [1.807, 2.05) is 0 Å². The first-order chi connectivity index (χ1) is 12.7. The summed E-state index contributed by atoms with van der Waals surface area (Å²) in [5, 5.41) is 0. The number of benzene rings is 1. The number of imide groups is 1. The molecule has 0 atom stereocenters. The predicted molar refractivity (Wildman–Crippen MR) is 94.3 cm³/mol. The van der Waals surface area contributed by atoms with Crippen LogP contribution in [-0.2, 0) is 29.1 Å². The van der Waals surface area contributed by atoms with Crippen molar-refractivity contribution in [2.24, 2.45) is 0 Å². The van der Waals surface area contributed by atoms with E-state index < -0.39 is 16.0 Å². The van der Waals surface area contributed by atoms with Crippen molar-refractivity contribution in [1.82, 2.24) is 9.21 Å². The normalized spacial score (nSPS) is 14.7. The zero-order chi connectivity index (χ0) is 20.0. The largest absolute Gasteiger partial charge is 0.490 e. The molecule has 0 unspecified atom stereocenters. The summed E-state index contributed by atoms with van der Waals surface area (Å²) in [6.07, 6.45) is 0.321. The summed E-state index contributed by atoms with van der Waals surface area (Å²) in [4.78, 5) is 35.7. The van der Waals surface area contributed by atoms with E-state index in [4.69, 9.17) is 9.47 Å². The lowest BCUT2D eigenvalue weighted by atomic mass is 10.3. The average molecular weight is 398 g/mol. The number of nitrogens with zero attached hydrogens (tertiary/aromatic N) is 2. The number of hydrogen-bond donors (Lipinski definition) is 0. The van der Waals surface area contributed by atoms with Crippen LogP contribution in [0.1, 0.15) is 19.3 Å². The fraction of sp³-hybridized carbons (Fsp3) is 0.471. The fourth-order valence-corrected chi connectivity index (χ4v) is 3.28. The highest BCUT2D eigenvalue weighted by molar-refractivity contribution is 7.89. The van der Waals surface area contributed by atoms with Gasteiger partial charge < -0.3 is 9.47 Å². The van der Waals surface area contributed by atoms with Crippen LogP contribution >= 0.6 is 0 Å². The van der Waals surface area contributed by atoms with Crippen molar-refractivity contribution in [3.05, 3.63) is 24.3 Å². The number of hydrogen-bond acceptors (Lipinski definition) is 7. The van der Waals surface area contributed by atoms with Gasteiger partial charge in [-0.25, -0.2) is 12.7 Å². The number of esters is 1. The first-order valence-electron chi connectivity index (χ1n) is 8.36. The number of carbonyl (C=O) groups excluding carboxylic acids is 3. The minimum Gasteiger partial charge on any atom is -0.490 e. The van der Waals surface area contributed by atoms with Crippen LogP contribution in [0.15, 0.2) is 29.2 Å². The molecule has 1 aliphatic heterocycles. The van der Waals surface area contributed by atoms with Crippen LogP contribution in [0.3, 0.4) is 0 Å². The maximum Gasteiger partial charge on any atom is 0.307 e. The van der Waals surface area contributed by atoms with Crippen LogP contribution in [-0.4, -0.2) is 69.3 Å². The summed E-state index contributed by atoms with van der Waals surface area (Å²) in [6, 6.07) is 5.90. The van der Waals surface area contributed by atoms with Crippen LogP contribution in [0.4, 0.5) is 0 Å². The van der Waals surface area contributed by atoms with Crippen molar-refractivity contribution < 1.29 is 32.3 Å². The van der Waals surface area contributed by atoms with Gasteiger partial charge in [0.1, 0.15) is 19.0 Å². The van der Waals surface area contributed by atoms with Crippen molar-refractivity contribution in [2.45, 2.75) is 24.2 Å². The molecule has 0 radical (unpaired) electrons. The molecule has 0 N–H and O–H groups in total. The molecular weight excluding hydrogens is 376 g/mol. The Kier molecular flexibility index (Phi) is 6.92. The van der Waals surface area contributed by atoms with E-state index in [1.54, 1.807) is 0 Å². The highest BCUT2D eigenvalue weighted by Crippen LogP contribution is 2.18. The van der Waals surface area contributed by atoms with Crippen LogP contribution in [0.25, 0.3) is 0 Å². The Morgan fingerprint density at radius 2 is 1.67 bits per heavy atom. The molecule has 0 spiro atoms. The summed E-state index contributed by atoms with van der Waals surface area (Å²) in [6.45, 7) is 0.116. The van der Waals surface area contributed by atoms with Crippen LogP contribution in [0, 0.1) is 0 Å². The first kappa shape index (κ1) is 20.8. The number of carbonyl (C=O) groups is 3. The summed E-state index contributed by atoms with van der Waals surface area (Å²) in [5.74, 6) is -0.623. The molecule has 27 heavy (non-hydrogen) atoms. The summed E-state index contributed by atoms with van der Waals surface area (Å²) in [5.41, 5.74) is 0. The van der Waals surface area contributed by atoms with E-state index >= 15 is 0 Å². The van der Waals surface area contributed by atoms with Crippen LogP contribution in [0.2, 0.25) is 0 Å². The van der Waals surface area contributed by atoms with Gasteiger partial charge >= 0.3 is 5.97 Å². The monoisotopic (exact) mass is 398 g/mol. The molecule has 10 heteroatoms. The molecule has 0 aliphatic carbocycles. The number of rotatable bonds is 9. The molecule has 1 aliphatic rings. The molecule has 2 rings (SSSR count). The zero-order valence-electron chi connectivity index (χ0n) is 15.2. The van der Waals surface area contributed by atoms with Crippen molar-refractivity contribution >= 4 is 27.8 Å². The molecule has 1 aromatic rings. The van der Waals surface area contributed by atoms with Crippen molar-refractivity contribution in [1.29, 1.82) is 0 Å². The number of likely N-dealkylation sites (tertiary alicyclic amines) is 1. The Bertz CT molecular complexity index is 787. The molecule has 1 fully saturated rings. The molecule has 148 valence electrons. The van der Waals surface area contributed by atoms with Gasteiger partial charge in [-0.05, 0) is 24.3 Å². The summed E-state index contributed by atoms with van der Waals surface area (Å²) >= 11 is 0. The minimum absolute atomic E-state index is 0.00151. The average Bonchev–Trinajstić information content (AvgIpc) is 2.95. The second-order valence-electron chi connectivity index (χ2n) is 6.02. The Morgan fingerprint density at radius 1 is 1.07 bits per heavy atom. The van der Waals surface area contributed by atoms with E-state index in [0.717, 1.165) is 9.21 Å². The molecule has 1 saturated heterocycles. The summed E-state index contributed by atoms with van der Waals surface area (Å²) in [7, 11) is -0.599. The third-order valence-electron chi connectivity index (χ3n) is 3.91. The van der Waals surface area contributed by atoms with Crippen molar-refractivity contribution in [2.75, 3.05) is 33.9 Å². The van der Waals surface area contributed by atoms with E-state index in [0.29, 0.717) is 5.75 Å². The Balaban J connectivity index is 1.70. The van der Waals surface area contributed by atoms with Gasteiger partial charge in [0.2, 0.25) is 21.8 Å². The zero-order valence-corrected chi connectivity index (χ0v) is 16.0. The lowest BCUT2D eigenvalue weighted by Gasteiger charge is -2.13. The third kappa shape index (κ3) is 5.51. The van der Waals surface area contributed by atoms with Crippen molar-refractivity contribution in [3.8, 4) is 5.75 Å². The molecule has 1 heterocycles. The van der Waals surface area contributed by atoms with Crippen molar-refractivity contribution in [3.63, 3.8) is 0 Å². The van der Waals surface area contributed by atoms with Gasteiger partial charge in [0.15, 0.2) is 0 Å². The first-order valence-corrected chi connectivity index (χ1v) is 9.80. The fourth-order valence-electron chi connectivity index (χ4n) is 2.38. The maximum atomic E-state index is 12.0. The van der Waals surface area contributed by atoms with E-state index in [-0.39, 0.29) is 55.7 Å². The minimum atomic E-state index is -3.49. The van der Waals surface area contributed by atoms with Gasteiger partial charge in [-0.15, -0.1) is 0 Å². The Hall–Kier alpha value is -2.46. The molecule has 0 bridgehead atoms. The van der Waals surface area contributed by atoms with Crippen LogP contribution < -0.4 is 4.74 Å². The second kappa shape index (κ2) is 8.96. The third-order valence-corrected chi connectivity index (χ3v) is 5.74. The Morgan fingerprint density at radius 3 is 2.22 bits per heavy atom. The second-order valence-corrected chi connectivity index (χ2v) is 8.17. The van der Waals surface area contributed by atoms with E-state index in [1.165, 1.54) is 38.4 Å². The maximum absolute atomic E-state index is 12.0. The van der Waals surface area contributed by atoms with E-state index in [9.17, 15) is 22.8 Å². The number of amides is 2. The SMILES string of the molecule is CN(C)S(=O)(=O)c1ccc(OCCOC(=O)CCN2C(=O)CCC2=O)cc1. The van der Waals surface area contributed by atoms with Gasteiger partial charge in [0.25, 0.3) is 0 Å². The van der Waals surface area contributed by atoms with Gasteiger partial charge in [-0.1, -0.05) is 0 Å². The molecule has 9 nitrogen and oxygen atoms in total. The molecular formula is C17H22N2O7S. The van der Waals surface area contributed by atoms with Gasteiger partial charge in [0, 0.05) is 33.5 Å². The molecule has 0 aromatic heterocycles. The highest BCUT2D eigenvalue weighted by atomic mass is 32.2. The van der Waals surface area contributed by atoms with Crippen LogP contribution in [0.5, 0.6) is 5.75 Å². The van der Waals surface area contributed by atoms with Gasteiger partial charge in [-0.3, -0.25) is 19.3 Å². The molecule has 2 amide bonds. The highest BCUT2D eigenvalue weighted by Gasteiger charge is 2.28. The predicted octanol–water partition coefficient (Wildman–Crippen LogP) is 0.398.